The fourth-order valence-electron chi connectivity index (χ4n) is 3.69. The Hall–Kier alpha value is -1.80. The van der Waals surface area contributed by atoms with Crippen molar-refractivity contribution in [2.24, 2.45) is 0 Å². The minimum atomic E-state index is -1.90. The Bertz CT molecular complexity index is 572. The largest absolute Gasteiger partial charge is 0.481 e. The van der Waals surface area contributed by atoms with Crippen LogP contribution in [0.2, 0.25) is 0 Å². The monoisotopic (exact) mass is 379 g/mol. The molecule has 2 rings (SSSR count). The van der Waals surface area contributed by atoms with E-state index < -0.39 is 34.0 Å². The summed E-state index contributed by atoms with van der Waals surface area (Å²) in [6.45, 7) is 3.64. The molecule has 12 nitrogen and oxygen atoms in total. The van der Waals surface area contributed by atoms with Gasteiger partial charge in [-0.1, -0.05) is 0 Å². The third-order valence-corrected chi connectivity index (χ3v) is 5.02. The molecule has 0 aliphatic carbocycles. The highest BCUT2D eigenvalue weighted by molar-refractivity contribution is 5.90. The third kappa shape index (κ3) is 3.16. The molecular weight excluding hydrogens is 356 g/mol. The van der Waals surface area contributed by atoms with E-state index in [0.29, 0.717) is 0 Å². The Morgan fingerprint density at radius 1 is 1.19 bits per heavy atom. The first-order valence-electron chi connectivity index (χ1n) is 7.86. The van der Waals surface area contributed by atoms with E-state index in [-0.39, 0.29) is 52.0 Å². The van der Waals surface area contributed by atoms with E-state index in [1.165, 1.54) is 0 Å². The molecule has 2 saturated heterocycles. The summed E-state index contributed by atoms with van der Waals surface area (Å²) in [4.78, 5) is 31.8. The van der Waals surface area contributed by atoms with E-state index >= 15 is 0 Å². The molecule has 0 amide bonds. The van der Waals surface area contributed by atoms with Crippen LogP contribution in [0.1, 0.15) is 6.42 Å². The van der Waals surface area contributed by atoms with Gasteiger partial charge in [0.1, 0.15) is 26.3 Å². The summed E-state index contributed by atoms with van der Waals surface area (Å²) in [7, 11) is 0. The van der Waals surface area contributed by atoms with Crippen molar-refractivity contribution in [3.05, 3.63) is 12.5 Å². The second-order valence-corrected chi connectivity index (χ2v) is 6.16. The van der Waals surface area contributed by atoms with Crippen LogP contribution < -0.4 is 5.32 Å². The van der Waals surface area contributed by atoms with Crippen LogP contribution in [0.5, 0.6) is 0 Å². The molecule has 2 aliphatic rings. The van der Waals surface area contributed by atoms with Gasteiger partial charge in [0.15, 0.2) is 0 Å². The van der Waals surface area contributed by atoms with Crippen molar-refractivity contribution in [2.75, 3.05) is 46.1 Å². The lowest BCUT2D eigenvalue weighted by atomic mass is 9.92. The molecule has 148 valence electrons. The van der Waals surface area contributed by atoms with Gasteiger partial charge in [-0.2, -0.15) is 5.26 Å². The summed E-state index contributed by atoms with van der Waals surface area (Å²) in [6, 6.07) is 0. The normalized spacial score (nSPS) is 34.4. The van der Waals surface area contributed by atoms with Gasteiger partial charge in [0.25, 0.3) is 0 Å². The van der Waals surface area contributed by atoms with Crippen molar-refractivity contribution < 1.29 is 54.0 Å². The minimum absolute atomic E-state index is 0.0633. The lowest BCUT2D eigenvalue weighted by molar-refractivity contribution is -0.950. The third-order valence-electron chi connectivity index (χ3n) is 5.02. The molecule has 2 aliphatic heterocycles. The number of carboxylic acid groups (broad SMARTS) is 2. The molecule has 2 heterocycles. The van der Waals surface area contributed by atoms with Crippen LogP contribution in [-0.4, -0.2) is 94.5 Å². The summed E-state index contributed by atoms with van der Waals surface area (Å²) in [5.74, 6) is -3.00. The van der Waals surface area contributed by atoms with E-state index in [1.54, 1.807) is 0 Å². The molecule has 0 radical (unpaired) electrons. The number of carbonyl (C=O) groups is 2. The van der Waals surface area contributed by atoms with Gasteiger partial charge in [-0.25, -0.2) is 19.5 Å². The zero-order valence-corrected chi connectivity index (χ0v) is 14.0. The minimum Gasteiger partial charge on any atom is -0.481 e. The molecule has 5 N–H and O–H groups in total. The van der Waals surface area contributed by atoms with Crippen molar-refractivity contribution in [2.45, 2.75) is 17.6 Å². The fraction of sp³-hybridized carbons (Fsp3) is 0.714. The van der Waals surface area contributed by atoms with Gasteiger partial charge in [-0.15, -0.1) is 0 Å². The van der Waals surface area contributed by atoms with Crippen LogP contribution in [0, 0.1) is 0 Å². The van der Waals surface area contributed by atoms with Crippen molar-refractivity contribution in [3.8, 4) is 0 Å². The molecule has 0 aromatic heterocycles. The summed E-state index contributed by atoms with van der Waals surface area (Å²) in [5, 5.41) is 39.8. The predicted octanol–water partition coefficient (Wildman–Crippen LogP) is -1.10. The average molecular weight is 379 g/mol. The molecular formula is C14H23N2O10+. The quantitative estimate of drug-likeness (QED) is 0.114. The molecule has 3 atom stereocenters. The van der Waals surface area contributed by atoms with Gasteiger partial charge < -0.3 is 19.7 Å². The molecule has 0 aromatic rings. The van der Waals surface area contributed by atoms with E-state index in [1.807, 2.05) is 0 Å². The maximum Gasteiger partial charge on any atom is 0.333 e. The second kappa shape index (κ2) is 7.84. The lowest BCUT2D eigenvalue weighted by Crippen LogP contribution is -2.66. The highest BCUT2D eigenvalue weighted by Gasteiger charge is 2.84. The van der Waals surface area contributed by atoms with Crippen molar-refractivity contribution in [3.63, 3.8) is 0 Å². The summed E-state index contributed by atoms with van der Waals surface area (Å²) in [5.41, 5.74) is -3.43. The number of carboxylic acids is 2. The Morgan fingerprint density at radius 3 is 2.46 bits per heavy atom. The maximum atomic E-state index is 12.0. The number of rotatable bonds is 8. The zero-order chi connectivity index (χ0) is 19.4. The Labute approximate surface area is 148 Å². The van der Waals surface area contributed by atoms with Crippen molar-refractivity contribution in [1.29, 1.82) is 0 Å². The lowest BCUT2D eigenvalue weighted by Gasteiger charge is -2.43. The number of hydrogen-bond donors (Lipinski definition) is 5. The number of aliphatic carboxylic acids is 2. The van der Waals surface area contributed by atoms with Crippen LogP contribution in [0.4, 0.5) is 0 Å². The SMILES string of the molecule is C=C(OO)[N+]1(CCOO)CCOCCOCC12NC2(CC(=O)O)C(=O)O. The van der Waals surface area contributed by atoms with Gasteiger partial charge in [0, 0.05) is 6.58 Å². The van der Waals surface area contributed by atoms with E-state index in [2.05, 4.69) is 21.7 Å². The van der Waals surface area contributed by atoms with Gasteiger partial charge in [0.2, 0.25) is 11.2 Å². The predicted molar refractivity (Wildman–Crippen MR) is 81.6 cm³/mol. The fourth-order valence-corrected chi connectivity index (χ4v) is 3.69. The van der Waals surface area contributed by atoms with Crippen LogP contribution in [0.15, 0.2) is 12.5 Å². The second-order valence-electron chi connectivity index (χ2n) is 6.16. The highest BCUT2D eigenvalue weighted by Crippen LogP contribution is 2.51. The van der Waals surface area contributed by atoms with Gasteiger partial charge in [0.05, 0.1) is 26.2 Å². The van der Waals surface area contributed by atoms with Gasteiger partial charge >= 0.3 is 17.8 Å². The van der Waals surface area contributed by atoms with Gasteiger partial charge in [-0.3, -0.25) is 14.9 Å². The highest BCUT2D eigenvalue weighted by atomic mass is 17.1. The van der Waals surface area contributed by atoms with Gasteiger partial charge in [-0.05, 0) is 0 Å². The van der Waals surface area contributed by atoms with E-state index in [0.717, 1.165) is 0 Å². The summed E-state index contributed by atoms with van der Waals surface area (Å²) in [6.07, 6.45) is -0.745. The van der Waals surface area contributed by atoms with Crippen LogP contribution in [0.3, 0.4) is 0 Å². The van der Waals surface area contributed by atoms with Crippen LogP contribution >= 0.6 is 0 Å². The smallest absolute Gasteiger partial charge is 0.333 e. The number of ether oxygens (including phenoxy) is 2. The van der Waals surface area contributed by atoms with Crippen molar-refractivity contribution >= 4 is 11.9 Å². The Kier molecular flexibility index (Phi) is 6.18. The number of nitrogens with zero attached hydrogens (tertiary/aromatic N) is 1. The standard InChI is InChI=1S/C14H22N2O10/c1-10(26-22)16(3-5-25-21)2-4-23-6-7-24-9-14(16)13(15-14,12(19)20)8-11(17)18/h15H,1-9H2,(H3-,17,18,19,20,21,22)/p+1. The molecule has 1 spiro atoms. The first kappa shape index (κ1) is 20.5. The summed E-state index contributed by atoms with van der Waals surface area (Å²) >= 11 is 0. The van der Waals surface area contributed by atoms with Crippen LogP contribution in [-0.2, 0) is 28.8 Å². The Morgan fingerprint density at radius 2 is 1.88 bits per heavy atom. The van der Waals surface area contributed by atoms with E-state index in [9.17, 15) is 25.1 Å². The summed E-state index contributed by atoms with van der Waals surface area (Å²) < 4.78 is 10.4. The molecule has 12 heteroatoms. The number of hydrogen-bond acceptors (Lipinski definition) is 9. The maximum absolute atomic E-state index is 12.0. The average Bonchev–Trinajstić information content (AvgIpc) is 3.22. The van der Waals surface area contributed by atoms with Crippen molar-refractivity contribution in [1.82, 2.24) is 5.32 Å². The molecule has 2 fully saturated rings. The van der Waals surface area contributed by atoms with E-state index in [4.69, 9.17) is 14.7 Å². The molecule has 26 heavy (non-hydrogen) atoms. The Balaban J connectivity index is 2.58. The zero-order valence-electron chi connectivity index (χ0n) is 14.0. The van der Waals surface area contributed by atoms with Crippen LogP contribution in [0.25, 0.3) is 0 Å². The molecule has 0 bridgehead atoms. The number of nitrogens with one attached hydrogen (secondary N) is 1. The molecule has 0 saturated carbocycles. The molecule has 3 unspecified atom stereocenters. The molecule has 0 aromatic carbocycles. The first-order chi connectivity index (χ1) is 12.3. The first-order valence-corrected chi connectivity index (χ1v) is 7.86. The number of quaternary nitrogens is 1. The topological polar surface area (TPSA) is 174 Å².